The van der Waals surface area contributed by atoms with Crippen LogP contribution in [0.3, 0.4) is 0 Å². The summed E-state index contributed by atoms with van der Waals surface area (Å²) >= 11 is 1.12. The maximum absolute atomic E-state index is 12.4. The molecule has 20 heavy (non-hydrogen) atoms. The first kappa shape index (κ1) is 15.5. The summed E-state index contributed by atoms with van der Waals surface area (Å²) in [6.45, 7) is 5.73. The van der Waals surface area contributed by atoms with E-state index >= 15 is 0 Å². The number of nitrogens with zero attached hydrogens (tertiary/aromatic N) is 3. The maximum Gasteiger partial charge on any atom is 0.249 e. The standard InChI is InChI=1S/C11H20N4O3S2/c1-11(2)7-15(5-6-18-11)10-8(9(12)13-19-10)20(16,17)14(3)4/h5-7H2,1-4H3,(H2,12,13). The molecule has 0 aromatic carbocycles. The number of morpholine rings is 1. The molecule has 0 bridgehead atoms. The Bertz CT molecular complexity index is 595. The number of aromatic nitrogens is 1. The molecule has 1 aromatic heterocycles. The second-order valence-corrected chi connectivity index (χ2v) is 8.36. The zero-order chi connectivity index (χ0) is 15.1. The number of hydrogen-bond acceptors (Lipinski definition) is 7. The molecule has 2 N–H and O–H groups in total. The largest absolute Gasteiger partial charge is 0.382 e. The third-order valence-corrected chi connectivity index (χ3v) is 6.04. The zero-order valence-corrected chi connectivity index (χ0v) is 13.7. The first-order valence-electron chi connectivity index (χ1n) is 6.22. The van der Waals surface area contributed by atoms with Crippen LogP contribution in [0.1, 0.15) is 13.8 Å². The molecule has 1 aliphatic heterocycles. The van der Waals surface area contributed by atoms with E-state index in [0.717, 1.165) is 15.8 Å². The summed E-state index contributed by atoms with van der Waals surface area (Å²) in [5, 5.41) is 0.590. The molecule has 0 amide bonds. The molecule has 114 valence electrons. The molecule has 0 aliphatic carbocycles. The molecule has 1 fully saturated rings. The Labute approximate surface area is 123 Å². The van der Waals surface area contributed by atoms with Gasteiger partial charge in [-0.1, -0.05) is 0 Å². The fourth-order valence-corrected chi connectivity index (χ4v) is 4.35. The number of nitrogens with two attached hydrogens (primary N) is 1. The predicted octanol–water partition coefficient (Wildman–Crippen LogP) is 0.591. The van der Waals surface area contributed by atoms with Crippen LogP contribution in [0.2, 0.25) is 0 Å². The Hall–Kier alpha value is -0.900. The van der Waals surface area contributed by atoms with Gasteiger partial charge in [0, 0.05) is 27.2 Å². The summed E-state index contributed by atoms with van der Waals surface area (Å²) in [5.41, 5.74) is 5.45. The van der Waals surface area contributed by atoms with Gasteiger partial charge >= 0.3 is 0 Å². The fraction of sp³-hybridized carbons (Fsp3) is 0.727. The molecule has 0 atom stereocenters. The molecule has 1 aliphatic rings. The number of sulfonamides is 1. The topological polar surface area (TPSA) is 88.8 Å². The predicted molar refractivity (Wildman–Crippen MR) is 79.6 cm³/mol. The minimum Gasteiger partial charge on any atom is -0.382 e. The monoisotopic (exact) mass is 320 g/mol. The Morgan fingerprint density at radius 1 is 1.45 bits per heavy atom. The highest BCUT2D eigenvalue weighted by atomic mass is 32.2. The Morgan fingerprint density at radius 2 is 2.10 bits per heavy atom. The minimum atomic E-state index is -3.61. The van der Waals surface area contributed by atoms with Gasteiger partial charge in [-0.2, -0.15) is 4.37 Å². The normalized spacial score (nSPS) is 19.6. The van der Waals surface area contributed by atoms with E-state index < -0.39 is 10.0 Å². The lowest BCUT2D eigenvalue weighted by atomic mass is 10.1. The van der Waals surface area contributed by atoms with Crippen molar-refractivity contribution < 1.29 is 13.2 Å². The molecule has 1 aromatic rings. The van der Waals surface area contributed by atoms with Gasteiger partial charge in [-0.25, -0.2) is 12.7 Å². The van der Waals surface area contributed by atoms with E-state index in [-0.39, 0.29) is 16.3 Å². The maximum atomic E-state index is 12.4. The molecule has 0 radical (unpaired) electrons. The van der Waals surface area contributed by atoms with E-state index in [1.807, 2.05) is 18.7 Å². The highest BCUT2D eigenvalue weighted by Crippen LogP contribution is 2.37. The Balaban J connectivity index is 2.45. The van der Waals surface area contributed by atoms with Crippen LogP contribution in [0.4, 0.5) is 10.8 Å². The van der Waals surface area contributed by atoms with E-state index in [1.54, 1.807) is 0 Å². The van der Waals surface area contributed by atoms with Gasteiger partial charge in [-0.3, -0.25) is 0 Å². The molecule has 2 rings (SSSR count). The molecule has 0 spiro atoms. The first-order valence-corrected chi connectivity index (χ1v) is 8.43. The van der Waals surface area contributed by atoms with Gasteiger partial charge in [0.1, 0.15) is 5.00 Å². The van der Waals surface area contributed by atoms with Gasteiger partial charge < -0.3 is 15.4 Å². The summed E-state index contributed by atoms with van der Waals surface area (Å²) in [6.07, 6.45) is 0. The number of ether oxygens (including phenoxy) is 1. The molecule has 1 saturated heterocycles. The van der Waals surface area contributed by atoms with Crippen LogP contribution in [0, 0.1) is 0 Å². The average molecular weight is 320 g/mol. The molecular weight excluding hydrogens is 300 g/mol. The Morgan fingerprint density at radius 3 is 2.65 bits per heavy atom. The van der Waals surface area contributed by atoms with Gasteiger partial charge in [0.15, 0.2) is 10.7 Å². The molecular formula is C11H20N4O3S2. The van der Waals surface area contributed by atoms with Crippen LogP contribution in [0.25, 0.3) is 0 Å². The average Bonchev–Trinajstić information content (AvgIpc) is 2.70. The number of nitrogen functional groups attached to an aromatic ring is 1. The third kappa shape index (κ3) is 2.76. The van der Waals surface area contributed by atoms with Crippen molar-refractivity contribution in [2.24, 2.45) is 0 Å². The van der Waals surface area contributed by atoms with Crippen LogP contribution in [-0.2, 0) is 14.8 Å². The first-order chi connectivity index (χ1) is 9.15. The number of hydrogen-bond donors (Lipinski definition) is 1. The van der Waals surface area contributed by atoms with Gasteiger partial charge in [-0.15, -0.1) is 0 Å². The van der Waals surface area contributed by atoms with Crippen molar-refractivity contribution in [3.05, 3.63) is 0 Å². The fourth-order valence-electron chi connectivity index (χ4n) is 2.10. The quantitative estimate of drug-likeness (QED) is 0.877. The molecule has 0 unspecified atom stereocenters. The van der Waals surface area contributed by atoms with E-state index in [4.69, 9.17) is 10.5 Å². The lowest BCUT2D eigenvalue weighted by Crippen LogP contribution is -2.48. The lowest BCUT2D eigenvalue weighted by molar-refractivity contribution is -0.0276. The number of anilines is 2. The second kappa shape index (κ2) is 5.14. The van der Waals surface area contributed by atoms with Crippen LogP contribution in [0.5, 0.6) is 0 Å². The van der Waals surface area contributed by atoms with Gasteiger partial charge in [0.25, 0.3) is 0 Å². The highest BCUT2D eigenvalue weighted by molar-refractivity contribution is 7.89. The van der Waals surface area contributed by atoms with E-state index in [1.165, 1.54) is 14.1 Å². The summed E-state index contributed by atoms with van der Waals surface area (Å²) in [5.74, 6) is 0.0583. The Kier molecular flexibility index (Phi) is 3.98. The second-order valence-electron chi connectivity index (χ2n) is 5.52. The minimum absolute atomic E-state index is 0.0583. The summed E-state index contributed by atoms with van der Waals surface area (Å²) in [7, 11) is -0.637. The third-order valence-electron chi connectivity index (χ3n) is 3.11. The molecule has 2 heterocycles. The molecule has 0 saturated carbocycles. The van der Waals surface area contributed by atoms with Crippen molar-refractivity contribution in [1.82, 2.24) is 8.68 Å². The number of rotatable bonds is 3. The van der Waals surface area contributed by atoms with Crippen molar-refractivity contribution in [3.63, 3.8) is 0 Å². The van der Waals surface area contributed by atoms with Crippen LogP contribution in [0.15, 0.2) is 4.90 Å². The smallest absolute Gasteiger partial charge is 0.249 e. The van der Waals surface area contributed by atoms with E-state index in [0.29, 0.717) is 24.7 Å². The summed E-state index contributed by atoms with van der Waals surface area (Å²) < 4.78 is 35.6. The van der Waals surface area contributed by atoms with Crippen LogP contribution < -0.4 is 10.6 Å². The van der Waals surface area contributed by atoms with E-state index in [2.05, 4.69) is 4.37 Å². The van der Waals surface area contributed by atoms with Crippen molar-refractivity contribution in [2.75, 3.05) is 44.4 Å². The van der Waals surface area contributed by atoms with Crippen molar-refractivity contribution in [2.45, 2.75) is 24.3 Å². The van der Waals surface area contributed by atoms with E-state index in [9.17, 15) is 8.42 Å². The van der Waals surface area contributed by atoms with Crippen LogP contribution in [-0.4, -0.2) is 56.5 Å². The van der Waals surface area contributed by atoms with Crippen molar-refractivity contribution in [3.8, 4) is 0 Å². The van der Waals surface area contributed by atoms with Crippen LogP contribution >= 0.6 is 11.5 Å². The summed E-state index contributed by atoms with van der Waals surface area (Å²) in [4.78, 5) is 2.08. The van der Waals surface area contributed by atoms with Crippen molar-refractivity contribution in [1.29, 1.82) is 0 Å². The van der Waals surface area contributed by atoms with Gasteiger partial charge in [0.05, 0.1) is 12.2 Å². The van der Waals surface area contributed by atoms with Gasteiger partial charge in [-0.05, 0) is 25.4 Å². The molecule has 7 nitrogen and oxygen atoms in total. The highest BCUT2D eigenvalue weighted by Gasteiger charge is 2.34. The lowest BCUT2D eigenvalue weighted by Gasteiger charge is -2.38. The SMILES string of the molecule is CN(C)S(=O)(=O)c1c(N)nsc1N1CCOC(C)(C)C1. The zero-order valence-electron chi connectivity index (χ0n) is 12.1. The summed E-state index contributed by atoms with van der Waals surface area (Å²) in [6, 6.07) is 0. The van der Waals surface area contributed by atoms with Gasteiger partial charge in [0.2, 0.25) is 10.0 Å². The van der Waals surface area contributed by atoms with Crippen molar-refractivity contribution >= 4 is 32.4 Å². The molecule has 9 heteroatoms.